The zero-order chi connectivity index (χ0) is 12.3. The van der Waals surface area contributed by atoms with Gasteiger partial charge in [-0.15, -0.1) is 0 Å². The minimum atomic E-state index is -0.537. The summed E-state index contributed by atoms with van der Waals surface area (Å²) in [6.45, 7) is 2.23. The highest BCUT2D eigenvalue weighted by Gasteiger charge is 2.48. The summed E-state index contributed by atoms with van der Waals surface area (Å²) in [6.07, 6.45) is 2.66. The number of esters is 1. The lowest BCUT2D eigenvalue weighted by molar-refractivity contribution is -0.154. The molecule has 0 unspecified atom stereocenters. The molecule has 0 spiro atoms. The second-order valence-electron chi connectivity index (χ2n) is 4.22. The van der Waals surface area contributed by atoms with Gasteiger partial charge in [0.2, 0.25) is 5.88 Å². The number of ether oxygens (including phenoxy) is 2. The monoisotopic (exact) mass is 235 g/mol. The van der Waals surface area contributed by atoms with Crippen molar-refractivity contribution in [3.8, 4) is 5.88 Å². The van der Waals surface area contributed by atoms with Crippen LogP contribution in [0.3, 0.4) is 0 Å². The average Bonchev–Trinajstić information content (AvgIpc) is 2.28. The Morgan fingerprint density at radius 1 is 1.47 bits per heavy atom. The molecule has 1 heterocycles. The van der Waals surface area contributed by atoms with E-state index in [0.717, 1.165) is 25.0 Å². The number of aromatic nitrogens is 1. The molecule has 1 aliphatic carbocycles. The van der Waals surface area contributed by atoms with E-state index in [9.17, 15) is 4.79 Å². The van der Waals surface area contributed by atoms with E-state index < -0.39 is 5.41 Å². The maximum absolute atomic E-state index is 12.0. The molecule has 1 saturated carbocycles. The van der Waals surface area contributed by atoms with E-state index in [2.05, 4.69) is 4.98 Å². The molecule has 1 aliphatic rings. The van der Waals surface area contributed by atoms with Crippen LogP contribution in [0.5, 0.6) is 5.88 Å². The number of pyridine rings is 1. The molecule has 0 radical (unpaired) electrons. The Hall–Kier alpha value is -1.58. The summed E-state index contributed by atoms with van der Waals surface area (Å²) in [5, 5.41) is 0. The van der Waals surface area contributed by atoms with E-state index >= 15 is 0 Å². The van der Waals surface area contributed by atoms with Gasteiger partial charge in [-0.2, -0.15) is 0 Å². The van der Waals surface area contributed by atoms with E-state index in [1.165, 1.54) is 0 Å². The molecular formula is C13H17NO3. The maximum atomic E-state index is 12.0. The Kier molecular flexibility index (Phi) is 3.31. The fourth-order valence-corrected chi connectivity index (χ4v) is 2.16. The van der Waals surface area contributed by atoms with Crippen molar-refractivity contribution in [3.63, 3.8) is 0 Å². The van der Waals surface area contributed by atoms with Crippen LogP contribution < -0.4 is 4.74 Å². The van der Waals surface area contributed by atoms with Crippen LogP contribution in [0.15, 0.2) is 18.2 Å². The predicted molar refractivity (Wildman–Crippen MR) is 63.0 cm³/mol. The highest BCUT2D eigenvalue weighted by Crippen LogP contribution is 2.44. The third-order valence-electron chi connectivity index (χ3n) is 3.30. The van der Waals surface area contributed by atoms with Crippen molar-refractivity contribution >= 4 is 5.97 Å². The third kappa shape index (κ3) is 1.99. The fraction of sp³-hybridized carbons (Fsp3) is 0.538. The van der Waals surface area contributed by atoms with Gasteiger partial charge in [-0.05, 0) is 25.8 Å². The number of hydrogen-bond donors (Lipinski definition) is 0. The Labute approximate surface area is 101 Å². The average molecular weight is 235 g/mol. The van der Waals surface area contributed by atoms with Gasteiger partial charge in [-0.3, -0.25) is 4.79 Å². The summed E-state index contributed by atoms with van der Waals surface area (Å²) in [5.74, 6) is 0.380. The summed E-state index contributed by atoms with van der Waals surface area (Å²) >= 11 is 0. The number of hydrogen-bond acceptors (Lipinski definition) is 4. The van der Waals surface area contributed by atoms with Gasteiger partial charge in [0.1, 0.15) is 5.41 Å². The van der Waals surface area contributed by atoms with Crippen molar-refractivity contribution < 1.29 is 14.3 Å². The minimum Gasteiger partial charge on any atom is -0.481 e. The smallest absolute Gasteiger partial charge is 0.318 e. The molecule has 4 nitrogen and oxygen atoms in total. The summed E-state index contributed by atoms with van der Waals surface area (Å²) in [4.78, 5) is 16.4. The molecule has 4 heteroatoms. The molecular weight excluding hydrogens is 218 g/mol. The maximum Gasteiger partial charge on any atom is 0.318 e. The largest absolute Gasteiger partial charge is 0.481 e. The molecule has 1 fully saturated rings. The molecule has 0 bridgehead atoms. The first kappa shape index (κ1) is 11.9. The quantitative estimate of drug-likeness (QED) is 0.750. The second-order valence-corrected chi connectivity index (χ2v) is 4.22. The summed E-state index contributed by atoms with van der Waals surface area (Å²) in [7, 11) is 1.57. The lowest BCUT2D eigenvalue weighted by Crippen LogP contribution is -2.44. The van der Waals surface area contributed by atoms with E-state index in [0.29, 0.717) is 12.5 Å². The number of carbonyl (C=O) groups excluding carboxylic acids is 1. The number of carbonyl (C=O) groups is 1. The predicted octanol–water partition coefficient (Wildman–Crippen LogP) is 2.08. The first-order valence-corrected chi connectivity index (χ1v) is 5.91. The molecule has 1 aromatic rings. The van der Waals surface area contributed by atoms with E-state index in [4.69, 9.17) is 9.47 Å². The standard InChI is InChI=1S/C13H17NO3/c1-3-17-12(15)13(8-5-9-13)10-6-4-7-11(14-10)16-2/h4,6-7H,3,5,8-9H2,1-2H3. The van der Waals surface area contributed by atoms with Crippen molar-refractivity contribution in [2.24, 2.45) is 0 Å². The van der Waals surface area contributed by atoms with Gasteiger partial charge in [-0.1, -0.05) is 12.5 Å². The van der Waals surface area contributed by atoms with Crippen molar-refractivity contribution in [2.45, 2.75) is 31.6 Å². The number of rotatable bonds is 4. The highest BCUT2D eigenvalue weighted by atomic mass is 16.5. The van der Waals surface area contributed by atoms with E-state index in [1.807, 2.05) is 19.1 Å². The molecule has 0 aromatic carbocycles. The first-order chi connectivity index (χ1) is 8.23. The van der Waals surface area contributed by atoms with Gasteiger partial charge in [0, 0.05) is 6.07 Å². The third-order valence-corrected chi connectivity index (χ3v) is 3.30. The van der Waals surface area contributed by atoms with Crippen LogP contribution in [0.25, 0.3) is 0 Å². The Morgan fingerprint density at radius 2 is 2.24 bits per heavy atom. The summed E-state index contributed by atoms with van der Waals surface area (Å²) in [6, 6.07) is 5.51. The van der Waals surface area contributed by atoms with Gasteiger partial charge in [0.15, 0.2) is 0 Å². The molecule has 2 rings (SSSR count). The number of nitrogens with zero attached hydrogens (tertiary/aromatic N) is 1. The van der Waals surface area contributed by atoms with Crippen LogP contribution in [-0.4, -0.2) is 24.7 Å². The van der Waals surface area contributed by atoms with Crippen LogP contribution in [0, 0.1) is 0 Å². The molecule has 0 N–H and O–H groups in total. The Bertz CT molecular complexity index is 413. The van der Waals surface area contributed by atoms with Crippen molar-refractivity contribution in [1.82, 2.24) is 4.98 Å². The summed E-state index contributed by atoms with van der Waals surface area (Å²) < 4.78 is 10.3. The topological polar surface area (TPSA) is 48.4 Å². The zero-order valence-corrected chi connectivity index (χ0v) is 10.2. The van der Waals surface area contributed by atoms with Gasteiger partial charge < -0.3 is 9.47 Å². The fourth-order valence-electron chi connectivity index (χ4n) is 2.16. The van der Waals surface area contributed by atoms with Crippen LogP contribution in [0.2, 0.25) is 0 Å². The molecule has 17 heavy (non-hydrogen) atoms. The normalized spacial score (nSPS) is 17.1. The molecule has 0 atom stereocenters. The van der Waals surface area contributed by atoms with E-state index in [-0.39, 0.29) is 5.97 Å². The van der Waals surface area contributed by atoms with Crippen LogP contribution in [0.1, 0.15) is 31.9 Å². The summed E-state index contributed by atoms with van der Waals surface area (Å²) in [5.41, 5.74) is 0.228. The number of methoxy groups -OCH3 is 1. The van der Waals surface area contributed by atoms with E-state index in [1.54, 1.807) is 13.2 Å². The van der Waals surface area contributed by atoms with Gasteiger partial charge >= 0.3 is 5.97 Å². The lowest BCUT2D eigenvalue weighted by atomic mass is 9.66. The van der Waals surface area contributed by atoms with Gasteiger partial charge in [0.05, 0.1) is 19.4 Å². The van der Waals surface area contributed by atoms with Crippen LogP contribution >= 0.6 is 0 Å². The second kappa shape index (κ2) is 4.73. The van der Waals surface area contributed by atoms with Crippen molar-refractivity contribution in [3.05, 3.63) is 23.9 Å². The first-order valence-electron chi connectivity index (χ1n) is 5.91. The molecule has 92 valence electrons. The van der Waals surface area contributed by atoms with Crippen LogP contribution in [-0.2, 0) is 14.9 Å². The Balaban J connectivity index is 2.30. The minimum absolute atomic E-state index is 0.160. The molecule has 0 aliphatic heterocycles. The zero-order valence-electron chi connectivity index (χ0n) is 10.2. The molecule has 0 amide bonds. The van der Waals surface area contributed by atoms with Crippen LogP contribution in [0.4, 0.5) is 0 Å². The highest BCUT2D eigenvalue weighted by molar-refractivity contribution is 5.83. The SMILES string of the molecule is CCOC(=O)C1(c2cccc(OC)n2)CCC1. The van der Waals surface area contributed by atoms with Gasteiger partial charge in [-0.25, -0.2) is 4.98 Å². The molecule has 0 saturated heterocycles. The van der Waals surface area contributed by atoms with Crippen molar-refractivity contribution in [2.75, 3.05) is 13.7 Å². The van der Waals surface area contributed by atoms with Gasteiger partial charge in [0.25, 0.3) is 0 Å². The Morgan fingerprint density at radius 3 is 2.76 bits per heavy atom. The lowest BCUT2D eigenvalue weighted by Gasteiger charge is -2.38. The van der Waals surface area contributed by atoms with Crippen molar-refractivity contribution in [1.29, 1.82) is 0 Å². The molecule has 1 aromatic heterocycles.